The van der Waals surface area contributed by atoms with Gasteiger partial charge < -0.3 is 11.1 Å². The normalized spacial score (nSPS) is 27.0. The summed E-state index contributed by atoms with van der Waals surface area (Å²) in [6, 6.07) is 7.88. The van der Waals surface area contributed by atoms with Crippen LogP contribution in [-0.4, -0.2) is 11.9 Å². The third kappa shape index (κ3) is 3.80. The maximum absolute atomic E-state index is 12.2. The van der Waals surface area contributed by atoms with Crippen molar-refractivity contribution < 1.29 is 4.79 Å². The van der Waals surface area contributed by atoms with Gasteiger partial charge in [0.2, 0.25) is 0 Å². The van der Waals surface area contributed by atoms with Crippen molar-refractivity contribution in [2.75, 3.05) is 0 Å². The van der Waals surface area contributed by atoms with Gasteiger partial charge in [0.15, 0.2) is 0 Å². The van der Waals surface area contributed by atoms with E-state index in [2.05, 4.69) is 19.2 Å². The lowest BCUT2D eigenvalue weighted by molar-refractivity contribution is 0.0911. The molecule has 1 fully saturated rings. The lowest BCUT2D eigenvalue weighted by atomic mass is 9.80. The number of hydrogen-bond donors (Lipinski definition) is 2. The van der Waals surface area contributed by atoms with Gasteiger partial charge in [0.25, 0.3) is 5.91 Å². The molecule has 1 amide bonds. The third-order valence-electron chi connectivity index (χ3n) is 3.94. The van der Waals surface area contributed by atoms with E-state index in [1.165, 1.54) is 6.42 Å². The van der Waals surface area contributed by atoms with Gasteiger partial charge in [-0.25, -0.2) is 0 Å². The maximum atomic E-state index is 12.2. The van der Waals surface area contributed by atoms with Crippen LogP contribution >= 0.6 is 0 Å². The average molecular weight is 260 g/mol. The van der Waals surface area contributed by atoms with Crippen molar-refractivity contribution >= 4 is 5.91 Å². The molecule has 0 bridgehead atoms. The molecule has 0 saturated heterocycles. The zero-order chi connectivity index (χ0) is 13.8. The first-order valence-electron chi connectivity index (χ1n) is 7.18. The summed E-state index contributed by atoms with van der Waals surface area (Å²) in [4.78, 5) is 12.2. The number of carbonyl (C=O) groups excluding carboxylic acids is 1. The predicted octanol–water partition coefficient (Wildman–Crippen LogP) is 2.70. The molecular weight excluding hydrogens is 236 g/mol. The zero-order valence-corrected chi connectivity index (χ0v) is 11.9. The van der Waals surface area contributed by atoms with Crippen LogP contribution in [-0.2, 0) is 6.54 Å². The van der Waals surface area contributed by atoms with Crippen molar-refractivity contribution in [1.29, 1.82) is 0 Å². The molecule has 0 spiro atoms. The van der Waals surface area contributed by atoms with Gasteiger partial charge in [-0.2, -0.15) is 0 Å². The van der Waals surface area contributed by atoms with Crippen molar-refractivity contribution in [1.82, 2.24) is 5.32 Å². The van der Waals surface area contributed by atoms with Crippen molar-refractivity contribution in [3.05, 3.63) is 35.4 Å². The molecule has 0 aliphatic heterocycles. The average Bonchev–Trinajstić information content (AvgIpc) is 2.37. The molecular formula is C16H24N2O. The van der Waals surface area contributed by atoms with Gasteiger partial charge in [-0.3, -0.25) is 4.79 Å². The maximum Gasteiger partial charge on any atom is 0.251 e. The number of benzene rings is 1. The minimum Gasteiger partial charge on any atom is -0.349 e. The van der Waals surface area contributed by atoms with Gasteiger partial charge in [0.1, 0.15) is 0 Å². The second-order valence-electron chi connectivity index (χ2n) is 5.99. The van der Waals surface area contributed by atoms with E-state index in [0.29, 0.717) is 30.0 Å². The van der Waals surface area contributed by atoms with Crippen LogP contribution in [0.3, 0.4) is 0 Å². The molecule has 1 aromatic rings. The molecule has 1 aliphatic carbocycles. The van der Waals surface area contributed by atoms with E-state index in [4.69, 9.17) is 5.73 Å². The highest BCUT2D eigenvalue weighted by Gasteiger charge is 2.25. The van der Waals surface area contributed by atoms with Crippen LogP contribution in [0.25, 0.3) is 0 Å². The van der Waals surface area contributed by atoms with Crippen LogP contribution < -0.4 is 11.1 Å². The van der Waals surface area contributed by atoms with Gasteiger partial charge in [0, 0.05) is 18.2 Å². The molecule has 2 rings (SSSR count). The van der Waals surface area contributed by atoms with Crippen LogP contribution in [0.1, 0.15) is 49.0 Å². The number of nitrogens with one attached hydrogen (secondary N) is 1. The van der Waals surface area contributed by atoms with Crippen molar-refractivity contribution in [2.24, 2.45) is 17.6 Å². The largest absolute Gasteiger partial charge is 0.349 e. The van der Waals surface area contributed by atoms with Crippen molar-refractivity contribution in [3.8, 4) is 0 Å². The van der Waals surface area contributed by atoms with E-state index in [0.717, 1.165) is 18.4 Å². The number of rotatable bonds is 3. The lowest BCUT2D eigenvalue weighted by Crippen LogP contribution is -2.40. The molecule has 0 radical (unpaired) electrons. The monoisotopic (exact) mass is 260 g/mol. The Hall–Kier alpha value is -1.35. The lowest BCUT2D eigenvalue weighted by Gasteiger charge is -2.32. The summed E-state index contributed by atoms with van der Waals surface area (Å²) in [5.41, 5.74) is 7.32. The first-order valence-corrected chi connectivity index (χ1v) is 7.18. The highest BCUT2D eigenvalue weighted by molar-refractivity contribution is 5.94. The molecule has 1 aliphatic rings. The molecule has 3 N–H and O–H groups in total. The Labute approximate surface area is 115 Å². The number of nitrogens with two attached hydrogens (primary N) is 1. The standard InChI is InChI=1S/C16H24N2O/c1-11-6-12(2)8-15(7-11)18-16(19)14-5-3-4-13(9-14)10-17/h3-5,9,11-12,15H,6-8,10,17H2,1-2H3,(H,18,19). The molecule has 3 nitrogen and oxygen atoms in total. The Bertz CT molecular complexity index is 434. The fourth-order valence-electron chi connectivity index (χ4n) is 3.17. The first kappa shape index (κ1) is 14.1. The third-order valence-corrected chi connectivity index (χ3v) is 3.94. The highest BCUT2D eigenvalue weighted by atomic mass is 16.1. The van der Waals surface area contributed by atoms with E-state index in [9.17, 15) is 4.79 Å². The summed E-state index contributed by atoms with van der Waals surface area (Å²) in [6.07, 6.45) is 3.45. The Morgan fingerprint density at radius 3 is 2.58 bits per heavy atom. The van der Waals surface area contributed by atoms with E-state index in [1.807, 2.05) is 24.3 Å². The van der Waals surface area contributed by atoms with Crippen LogP contribution in [0, 0.1) is 11.8 Å². The molecule has 1 saturated carbocycles. The SMILES string of the molecule is CC1CC(C)CC(NC(=O)c2cccc(CN)c2)C1. The Balaban J connectivity index is 2.00. The van der Waals surface area contributed by atoms with E-state index in [1.54, 1.807) is 0 Å². The van der Waals surface area contributed by atoms with E-state index in [-0.39, 0.29) is 5.91 Å². The molecule has 2 atom stereocenters. The Morgan fingerprint density at radius 1 is 1.26 bits per heavy atom. The minimum absolute atomic E-state index is 0.0293. The van der Waals surface area contributed by atoms with Gasteiger partial charge in [-0.15, -0.1) is 0 Å². The second-order valence-corrected chi connectivity index (χ2v) is 5.99. The van der Waals surface area contributed by atoms with Gasteiger partial charge in [-0.1, -0.05) is 26.0 Å². The van der Waals surface area contributed by atoms with Gasteiger partial charge >= 0.3 is 0 Å². The fourth-order valence-corrected chi connectivity index (χ4v) is 3.17. The highest BCUT2D eigenvalue weighted by Crippen LogP contribution is 2.28. The number of hydrogen-bond acceptors (Lipinski definition) is 2. The number of carbonyl (C=O) groups is 1. The molecule has 1 aromatic carbocycles. The zero-order valence-electron chi connectivity index (χ0n) is 11.9. The minimum atomic E-state index is 0.0293. The van der Waals surface area contributed by atoms with Crippen LogP contribution in [0.2, 0.25) is 0 Å². The Kier molecular flexibility index (Phi) is 4.59. The first-order chi connectivity index (χ1) is 9.08. The summed E-state index contributed by atoms with van der Waals surface area (Å²) in [5.74, 6) is 1.43. The predicted molar refractivity (Wildman–Crippen MR) is 77.8 cm³/mol. The summed E-state index contributed by atoms with van der Waals surface area (Å²) < 4.78 is 0. The molecule has 2 unspecified atom stereocenters. The molecule has 0 heterocycles. The van der Waals surface area contributed by atoms with Crippen LogP contribution in [0.15, 0.2) is 24.3 Å². The quantitative estimate of drug-likeness (QED) is 0.878. The van der Waals surface area contributed by atoms with Crippen LogP contribution in [0.5, 0.6) is 0 Å². The van der Waals surface area contributed by atoms with Crippen molar-refractivity contribution in [3.63, 3.8) is 0 Å². The Morgan fingerprint density at radius 2 is 1.95 bits per heavy atom. The summed E-state index contributed by atoms with van der Waals surface area (Å²) in [5, 5.41) is 3.17. The molecule has 3 heteroatoms. The fraction of sp³-hybridized carbons (Fsp3) is 0.562. The molecule has 104 valence electrons. The van der Waals surface area contributed by atoms with Gasteiger partial charge in [-0.05, 0) is 48.8 Å². The second kappa shape index (κ2) is 6.20. The van der Waals surface area contributed by atoms with E-state index >= 15 is 0 Å². The molecule has 19 heavy (non-hydrogen) atoms. The van der Waals surface area contributed by atoms with Crippen molar-refractivity contribution in [2.45, 2.75) is 45.7 Å². The van der Waals surface area contributed by atoms with Crippen LogP contribution in [0.4, 0.5) is 0 Å². The van der Waals surface area contributed by atoms with E-state index < -0.39 is 0 Å². The van der Waals surface area contributed by atoms with Gasteiger partial charge in [0.05, 0.1) is 0 Å². The summed E-state index contributed by atoms with van der Waals surface area (Å²) in [7, 11) is 0. The summed E-state index contributed by atoms with van der Waals surface area (Å²) >= 11 is 0. The summed E-state index contributed by atoms with van der Waals surface area (Å²) in [6.45, 7) is 5.01. The topological polar surface area (TPSA) is 55.1 Å². The molecule has 0 aromatic heterocycles. The smallest absolute Gasteiger partial charge is 0.251 e. The number of amides is 1.